The molecule has 0 spiro atoms. The van der Waals surface area contributed by atoms with Crippen molar-refractivity contribution in [1.82, 2.24) is 11.3 Å². The molecule has 1 fully saturated rings. The maximum atomic E-state index is 11.4. The zero-order chi connectivity index (χ0) is 18.5. The summed E-state index contributed by atoms with van der Waals surface area (Å²) in [6, 6.07) is -0.933. The van der Waals surface area contributed by atoms with Crippen LogP contribution in [0.25, 0.3) is 0 Å². The van der Waals surface area contributed by atoms with E-state index in [0.717, 1.165) is 0 Å². The molecule has 1 unspecified atom stereocenters. The maximum Gasteiger partial charge on any atom is 0.304 e. The Morgan fingerprint density at radius 2 is 1.29 bits per heavy atom. The quantitative estimate of drug-likeness (QED) is 0.364. The summed E-state index contributed by atoms with van der Waals surface area (Å²) in [6.07, 6.45) is -2.07. The Morgan fingerprint density at radius 3 is 1.62 bits per heavy atom. The molecule has 0 aromatic carbocycles. The minimum Gasteiger partial charge on any atom is -0.481 e. The minimum atomic E-state index is -1.69. The van der Waals surface area contributed by atoms with Crippen molar-refractivity contribution in [3.8, 4) is 0 Å². The van der Waals surface area contributed by atoms with E-state index >= 15 is 0 Å². The molecule has 0 aromatic rings. The second-order valence-corrected chi connectivity index (χ2v) is 6.31. The molecule has 0 amide bonds. The first-order valence-electron chi connectivity index (χ1n) is 7.38. The number of carbonyl (C=O) groups is 4. The van der Waals surface area contributed by atoms with Gasteiger partial charge in [-0.25, -0.2) is 5.43 Å². The fourth-order valence-corrected chi connectivity index (χ4v) is 4.14. The Balaban J connectivity index is 3.59. The number of nitrogens with one attached hydrogen (secondary N) is 2. The average Bonchev–Trinajstić information content (AvgIpc) is 2.38. The van der Waals surface area contributed by atoms with Crippen LogP contribution in [0.5, 0.6) is 0 Å². The predicted molar refractivity (Wildman–Crippen MR) is 77.7 cm³/mol. The van der Waals surface area contributed by atoms with Crippen LogP contribution in [0.2, 0.25) is 0 Å². The molecule has 1 aliphatic rings. The molecule has 1 radical (unpaired) electrons. The molecule has 0 bridgehead atoms. The zero-order valence-corrected chi connectivity index (χ0v) is 12.9. The van der Waals surface area contributed by atoms with E-state index in [1.165, 1.54) is 0 Å². The largest absolute Gasteiger partial charge is 0.481 e. The highest BCUT2D eigenvalue weighted by Gasteiger charge is 2.60. The lowest BCUT2D eigenvalue weighted by Crippen LogP contribution is -2.60. The van der Waals surface area contributed by atoms with Crippen LogP contribution in [0, 0.1) is 10.8 Å². The third kappa shape index (κ3) is 4.01. The van der Waals surface area contributed by atoms with Crippen LogP contribution in [-0.4, -0.2) is 50.3 Å². The SMILES string of the molecule is [NH]NC1CCCC(CC(=O)O)(CC(=O)O)C1(CC(=O)O)CC(=O)O. The summed E-state index contributed by atoms with van der Waals surface area (Å²) in [5.74, 6) is 2.06. The summed E-state index contributed by atoms with van der Waals surface area (Å²) in [6.45, 7) is 0. The van der Waals surface area contributed by atoms with Crippen molar-refractivity contribution in [2.75, 3.05) is 0 Å². The minimum absolute atomic E-state index is 0.0737. The standard InChI is InChI=1S/C14H21N2O8/c15-16-8-2-1-3-13(4-9(17)18,5-10(19)20)14(8,6-11(21)22)7-12(23)24/h8,15-16H,1-7H2,(H,17,18)(H,19,20)(H,21,22)(H,23,24). The Labute approximate surface area is 137 Å². The van der Waals surface area contributed by atoms with Crippen molar-refractivity contribution in [2.45, 2.75) is 51.0 Å². The van der Waals surface area contributed by atoms with Gasteiger partial charge in [0.15, 0.2) is 0 Å². The number of hydrogen-bond acceptors (Lipinski definition) is 5. The second-order valence-electron chi connectivity index (χ2n) is 6.31. The molecule has 1 aliphatic carbocycles. The summed E-state index contributed by atoms with van der Waals surface area (Å²) in [5, 5.41) is 37.1. The van der Waals surface area contributed by atoms with Crippen molar-refractivity contribution in [2.24, 2.45) is 10.8 Å². The van der Waals surface area contributed by atoms with E-state index in [9.17, 15) is 39.6 Å². The molecule has 0 heterocycles. The van der Waals surface area contributed by atoms with E-state index < -0.39 is 66.4 Å². The highest BCUT2D eigenvalue weighted by Crippen LogP contribution is 2.59. The molecule has 1 rings (SSSR count). The van der Waals surface area contributed by atoms with Gasteiger partial charge in [0.25, 0.3) is 0 Å². The Morgan fingerprint density at radius 1 is 0.875 bits per heavy atom. The summed E-state index contributed by atoms with van der Waals surface area (Å²) in [7, 11) is 0. The van der Waals surface area contributed by atoms with Gasteiger partial charge < -0.3 is 20.4 Å². The van der Waals surface area contributed by atoms with Crippen LogP contribution in [0.1, 0.15) is 44.9 Å². The molecule has 1 saturated carbocycles. The van der Waals surface area contributed by atoms with E-state index in [4.69, 9.17) is 5.84 Å². The molecule has 0 aliphatic heterocycles. The fraction of sp³-hybridized carbons (Fsp3) is 0.714. The van der Waals surface area contributed by atoms with Gasteiger partial charge in [0.2, 0.25) is 0 Å². The van der Waals surface area contributed by atoms with Gasteiger partial charge >= 0.3 is 23.9 Å². The zero-order valence-electron chi connectivity index (χ0n) is 12.9. The van der Waals surface area contributed by atoms with Crippen LogP contribution >= 0.6 is 0 Å². The maximum absolute atomic E-state index is 11.4. The first-order chi connectivity index (χ1) is 11.1. The van der Waals surface area contributed by atoms with Crippen molar-refractivity contribution in [3.05, 3.63) is 0 Å². The van der Waals surface area contributed by atoms with Gasteiger partial charge in [-0.2, -0.15) is 5.84 Å². The van der Waals surface area contributed by atoms with Gasteiger partial charge in [-0.15, -0.1) is 0 Å². The molecule has 135 valence electrons. The number of carboxylic acids is 4. The van der Waals surface area contributed by atoms with Crippen molar-refractivity contribution in [3.63, 3.8) is 0 Å². The lowest BCUT2D eigenvalue weighted by atomic mass is 9.48. The second kappa shape index (κ2) is 7.58. The molecule has 0 aromatic heterocycles. The monoisotopic (exact) mass is 345 g/mol. The van der Waals surface area contributed by atoms with Gasteiger partial charge in [-0.1, -0.05) is 6.42 Å². The number of aliphatic carboxylic acids is 4. The first-order valence-corrected chi connectivity index (χ1v) is 7.38. The van der Waals surface area contributed by atoms with E-state index in [-0.39, 0.29) is 12.8 Å². The topological polar surface area (TPSA) is 185 Å². The average molecular weight is 345 g/mol. The smallest absolute Gasteiger partial charge is 0.304 e. The third-order valence-electron chi connectivity index (χ3n) is 4.96. The van der Waals surface area contributed by atoms with Crippen molar-refractivity contribution >= 4 is 23.9 Å². The number of hydrogen-bond donors (Lipinski definition) is 5. The molecule has 10 nitrogen and oxygen atoms in total. The lowest BCUT2D eigenvalue weighted by Gasteiger charge is -2.55. The van der Waals surface area contributed by atoms with Gasteiger partial charge in [-0.3, -0.25) is 19.2 Å². The van der Waals surface area contributed by atoms with E-state index in [1.807, 2.05) is 0 Å². The molecule has 24 heavy (non-hydrogen) atoms. The number of rotatable bonds is 9. The molecular formula is C14H21N2O8. The van der Waals surface area contributed by atoms with Gasteiger partial charge in [0, 0.05) is 11.5 Å². The third-order valence-corrected chi connectivity index (χ3v) is 4.96. The molecule has 1 atom stereocenters. The van der Waals surface area contributed by atoms with Crippen molar-refractivity contribution < 1.29 is 39.6 Å². The molecular weight excluding hydrogens is 324 g/mol. The van der Waals surface area contributed by atoms with Crippen LogP contribution < -0.4 is 11.3 Å². The van der Waals surface area contributed by atoms with Crippen LogP contribution in [0.4, 0.5) is 0 Å². The highest BCUT2D eigenvalue weighted by atomic mass is 16.4. The van der Waals surface area contributed by atoms with Gasteiger partial charge in [0.05, 0.1) is 25.7 Å². The number of carboxylic acid groups (broad SMARTS) is 4. The van der Waals surface area contributed by atoms with E-state index in [2.05, 4.69) is 5.43 Å². The van der Waals surface area contributed by atoms with Gasteiger partial charge in [-0.05, 0) is 18.3 Å². The van der Waals surface area contributed by atoms with Gasteiger partial charge in [0.1, 0.15) is 0 Å². The Kier molecular flexibility index (Phi) is 6.27. The van der Waals surface area contributed by atoms with Crippen LogP contribution in [-0.2, 0) is 19.2 Å². The van der Waals surface area contributed by atoms with E-state index in [0.29, 0.717) is 6.42 Å². The summed E-state index contributed by atoms with van der Waals surface area (Å²) < 4.78 is 0. The molecule has 0 saturated heterocycles. The van der Waals surface area contributed by atoms with Crippen molar-refractivity contribution in [1.29, 1.82) is 0 Å². The molecule has 6 N–H and O–H groups in total. The Hall–Kier alpha value is -2.20. The summed E-state index contributed by atoms with van der Waals surface area (Å²) in [4.78, 5) is 45.5. The van der Waals surface area contributed by atoms with Crippen LogP contribution in [0.15, 0.2) is 0 Å². The first kappa shape index (κ1) is 19.8. The fourth-order valence-electron chi connectivity index (χ4n) is 4.14. The van der Waals surface area contributed by atoms with Crippen LogP contribution in [0.3, 0.4) is 0 Å². The van der Waals surface area contributed by atoms with E-state index in [1.54, 1.807) is 0 Å². The lowest BCUT2D eigenvalue weighted by molar-refractivity contribution is -0.169. The highest BCUT2D eigenvalue weighted by molar-refractivity contribution is 5.76. The Bertz CT molecular complexity index is 501. The summed E-state index contributed by atoms with van der Waals surface area (Å²) in [5.41, 5.74) is -1.12. The summed E-state index contributed by atoms with van der Waals surface area (Å²) >= 11 is 0. The predicted octanol–water partition coefficient (Wildman–Crippen LogP) is 0.198. The molecule has 10 heteroatoms. The normalized spacial score (nSPS) is 21.8.